The van der Waals surface area contributed by atoms with Gasteiger partial charge in [-0.2, -0.15) is 0 Å². The van der Waals surface area contributed by atoms with E-state index >= 15 is 0 Å². The second kappa shape index (κ2) is 6.26. The number of carboxylic acid groups (broad SMARTS) is 1. The van der Waals surface area contributed by atoms with E-state index < -0.39 is 15.0 Å². The van der Waals surface area contributed by atoms with Gasteiger partial charge in [-0.1, -0.05) is 24.3 Å². The van der Waals surface area contributed by atoms with E-state index in [0.717, 1.165) is 16.9 Å². The number of hydrogen-bond donors (Lipinski definition) is 5. The van der Waals surface area contributed by atoms with Gasteiger partial charge in [-0.15, -0.1) is 0 Å². The molecule has 22 heavy (non-hydrogen) atoms. The highest BCUT2D eigenvalue weighted by Gasteiger charge is 2.22. The summed E-state index contributed by atoms with van der Waals surface area (Å²) in [4.78, 5) is 40.4. The van der Waals surface area contributed by atoms with Crippen molar-refractivity contribution >= 4 is 15.0 Å². The first-order chi connectivity index (χ1) is 10.3. The minimum Gasteiger partial charge on any atom is -0.478 e. The third-order valence-corrected chi connectivity index (χ3v) is 2.92. The van der Waals surface area contributed by atoms with Crippen LogP contribution in [-0.2, 0) is 6.42 Å². The van der Waals surface area contributed by atoms with Gasteiger partial charge in [0, 0.05) is 12.0 Å². The largest absolute Gasteiger partial charge is 0.668 e. The van der Waals surface area contributed by atoms with Gasteiger partial charge in [0.2, 0.25) is 0 Å². The Morgan fingerprint density at radius 2 is 1.55 bits per heavy atom. The van der Waals surface area contributed by atoms with Crippen molar-refractivity contribution in [3.8, 4) is 11.5 Å². The number of hydrogen-bond acceptors (Lipinski definition) is 6. The van der Waals surface area contributed by atoms with Crippen LogP contribution in [0.15, 0.2) is 42.5 Å². The molecule has 0 spiro atoms. The molecule has 7 nitrogen and oxygen atoms in total. The monoisotopic (exact) mass is 322 g/mol. The minimum atomic E-state index is -4.61. The fourth-order valence-corrected chi connectivity index (χ4v) is 2.10. The van der Waals surface area contributed by atoms with Crippen molar-refractivity contribution in [2.75, 3.05) is 0 Å². The van der Waals surface area contributed by atoms with E-state index in [1.165, 1.54) is 0 Å². The van der Waals surface area contributed by atoms with E-state index in [9.17, 15) is 4.79 Å². The lowest BCUT2D eigenvalue weighted by Gasteiger charge is -2.21. The van der Waals surface area contributed by atoms with Crippen LogP contribution in [-0.4, -0.2) is 39.3 Å². The summed E-state index contributed by atoms with van der Waals surface area (Å²) in [5.74, 6) is 0.538. The molecule has 1 aliphatic heterocycles. The van der Waals surface area contributed by atoms with E-state index in [4.69, 9.17) is 29.0 Å². The number of para-hydroxylation sites is 1. The van der Waals surface area contributed by atoms with Crippen molar-refractivity contribution in [2.24, 2.45) is 0 Å². The summed E-state index contributed by atoms with van der Waals surface area (Å²) < 4.78 is 5.70. The van der Waals surface area contributed by atoms with E-state index in [1.54, 1.807) is 18.2 Å². The summed E-state index contributed by atoms with van der Waals surface area (Å²) in [5.41, 5.74) is 2.09. The number of carboxylic acids is 1. The van der Waals surface area contributed by atoms with Gasteiger partial charge in [0.15, 0.2) is 0 Å². The van der Waals surface area contributed by atoms with Crippen LogP contribution < -0.4 is 4.74 Å². The van der Waals surface area contributed by atoms with Crippen LogP contribution in [0.2, 0.25) is 0 Å². The normalized spacial score (nSPS) is 12.2. The van der Waals surface area contributed by atoms with Gasteiger partial charge < -0.3 is 29.0 Å². The number of benzene rings is 2. The summed E-state index contributed by atoms with van der Waals surface area (Å²) in [6, 6.07) is 12.8. The molecule has 0 radical (unpaired) electrons. The first-order valence-corrected chi connectivity index (χ1v) is 8.05. The van der Waals surface area contributed by atoms with Crippen molar-refractivity contribution in [3.63, 3.8) is 0 Å². The molecule has 0 aromatic heterocycles. The predicted octanol–water partition coefficient (Wildman–Crippen LogP) is 0.472. The average molecular weight is 322 g/mol. The molecule has 1 aliphatic rings. The molecule has 2 aromatic carbocycles. The first kappa shape index (κ1) is 16.1. The second-order valence-electron chi connectivity index (χ2n) is 4.57. The molecule has 0 atom stereocenters. The molecule has 1 heterocycles. The maximum atomic E-state index is 11.1. The Morgan fingerprint density at radius 3 is 2.18 bits per heavy atom. The molecule has 2 aromatic rings. The van der Waals surface area contributed by atoms with Crippen LogP contribution in [0.25, 0.3) is 0 Å². The van der Waals surface area contributed by atoms with Crippen LogP contribution in [0, 0.1) is 0 Å². The SMILES string of the molecule is O=C(O)c1cccc2c1Cc1ccccc1O2.O[Si](O)(O)O. The Hall–Kier alpha value is -2.23. The zero-order valence-electron chi connectivity index (χ0n) is 11.3. The molecule has 5 N–H and O–H groups in total. The zero-order valence-corrected chi connectivity index (χ0v) is 12.3. The maximum Gasteiger partial charge on any atom is 0.668 e. The lowest BCUT2D eigenvalue weighted by atomic mass is 9.96. The number of rotatable bonds is 1. The summed E-state index contributed by atoms with van der Waals surface area (Å²) in [6.07, 6.45) is 0.605. The van der Waals surface area contributed by atoms with Crippen LogP contribution >= 0.6 is 0 Å². The molecule has 0 saturated carbocycles. The number of fused-ring (bicyclic) bond motifs is 2. The zero-order chi connectivity index (χ0) is 16.3. The Kier molecular flexibility index (Phi) is 4.59. The van der Waals surface area contributed by atoms with Gasteiger partial charge in [0.25, 0.3) is 0 Å². The lowest BCUT2D eigenvalue weighted by molar-refractivity contribution is 0.0694. The first-order valence-electron chi connectivity index (χ1n) is 6.26. The lowest BCUT2D eigenvalue weighted by Crippen LogP contribution is -2.33. The maximum absolute atomic E-state index is 11.1. The van der Waals surface area contributed by atoms with E-state index in [0.29, 0.717) is 17.7 Å². The van der Waals surface area contributed by atoms with Gasteiger partial charge in [-0.05, 0) is 23.8 Å². The Labute approximate surface area is 126 Å². The highest BCUT2D eigenvalue weighted by Crippen LogP contribution is 2.37. The van der Waals surface area contributed by atoms with Crippen LogP contribution in [0.3, 0.4) is 0 Å². The highest BCUT2D eigenvalue weighted by atomic mass is 28.4. The molecular formula is C14H14O7Si. The number of ether oxygens (including phenoxy) is 1. The fourth-order valence-electron chi connectivity index (χ4n) is 2.10. The van der Waals surface area contributed by atoms with Crippen molar-refractivity contribution in [2.45, 2.75) is 6.42 Å². The standard InChI is InChI=1S/C14H10O3.H4O4Si/c15-14(16)10-5-3-7-13-11(10)8-9-4-1-2-6-12(9)17-13;1-5(2,3)4/h1-7H,8H2,(H,15,16);1-4H. The number of aromatic carboxylic acids is 1. The summed E-state index contributed by atoms with van der Waals surface area (Å²) in [7, 11) is -4.61. The molecule has 0 amide bonds. The average Bonchev–Trinajstić information content (AvgIpc) is 2.42. The Bertz CT molecular complexity index is 688. The Balaban J connectivity index is 0.000000309. The fraction of sp³-hybridized carbons (Fsp3) is 0.0714. The van der Waals surface area contributed by atoms with E-state index in [-0.39, 0.29) is 0 Å². The number of carbonyl (C=O) groups is 1. The van der Waals surface area contributed by atoms with Crippen LogP contribution in [0.5, 0.6) is 11.5 Å². The topological polar surface area (TPSA) is 127 Å². The van der Waals surface area contributed by atoms with Crippen LogP contribution in [0.1, 0.15) is 21.5 Å². The molecule has 3 rings (SSSR count). The van der Waals surface area contributed by atoms with Crippen molar-refractivity contribution in [1.82, 2.24) is 0 Å². The molecule has 116 valence electrons. The second-order valence-corrected chi connectivity index (χ2v) is 5.77. The van der Waals surface area contributed by atoms with Gasteiger partial charge in [0.1, 0.15) is 11.5 Å². The third kappa shape index (κ3) is 4.13. The van der Waals surface area contributed by atoms with E-state index in [2.05, 4.69) is 0 Å². The molecule has 0 fully saturated rings. The molecule has 0 bridgehead atoms. The van der Waals surface area contributed by atoms with Gasteiger partial charge in [-0.3, -0.25) is 0 Å². The van der Waals surface area contributed by atoms with Gasteiger partial charge in [-0.25, -0.2) is 4.79 Å². The summed E-state index contributed by atoms with van der Waals surface area (Å²) in [6.45, 7) is 0. The summed E-state index contributed by atoms with van der Waals surface area (Å²) in [5, 5.41) is 9.13. The van der Waals surface area contributed by atoms with E-state index in [1.807, 2.05) is 24.3 Å². The highest BCUT2D eigenvalue weighted by molar-refractivity contribution is 6.46. The van der Waals surface area contributed by atoms with Crippen LogP contribution in [0.4, 0.5) is 0 Å². The van der Waals surface area contributed by atoms with Gasteiger partial charge >= 0.3 is 15.0 Å². The molecular weight excluding hydrogens is 308 g/mol. The smallest absolute Gasteiger partial charge is 0.478 e. The molecule has 0 aliphatic carbocycles. The van der Waals surface area contributed by atoms with Crippen molar-refractivity contribution in [3.05, 3.63) is 59.2 Å². The van der Waals surface area contributed by atoms with Gasteiger partial charge in [0.05, 0.1) is 5.56 Å². The quantitative estimate of drug-likeness (QED) is 0.412. The third-order valence-electron chi connectivity index (χ3n) is 2.92. The molecule has 0 unspecified atom stereocenters. The minimum absolute atomic E-state index is 0.317. The molecule has 0 saturated heterocycles. The molecule has 8 heteroatoms. The van der Waals surface area contributed by atoms with Crippen molar-refractivity contribution in [1.29, 1.82) is 0 Å². The summed E-state index contributed by atoms with van der Waals surface area (Å²) >= 11 is 0. The Morgan fingerprint density at radius 1 is 0.955 bits per heavy atom. The van der Waals surface area contributed by atoms with Crippen molar-refractivity contribution < 1.29 is 33.8 Å². The predicted molar refractivity (Wildman–Crippen MR) is 77.4 cm³/mol.